The summed E-state index contributed by atoms with van der Waals surface area (Å²) in [6, 6.07) is 12.1. The van der Waals surface area contributed by atoms with Crippen LogP contribution in [0.5, 0.6) is 17.2 Å². The van der Waals surface area contributed by atoms with E-state index in [1.807, 2.05) is 13.1 Å². The zero-order chi connectivity index (χ0) is 27.8. The predicted molar refractivity (Wildman–Crippen MR) is 147 cm³/mol. The molecular formula is C28H42N4O5. The zero-order valence-electron chi connectivity index (χ0n) is 22.9. The van der Waals surface area contributed by atoms with Crippen LogP contribution in [0.4, 0.5) is 0 Å². The number of hydrogen-bond acceptors (Lipinski definition) is 6. The number of fused-ring (bicyclic) bond motifs is 1. The van der Waals surface area contributed by atoms with Gasteiger partial charge in [0.2, 0.25) is 0 Å². The van der Waals surface area contributed by atoms with Crippen molar-refractivity contribution in [3.05, 3.63) is 53.1 Å². The molecule has 0 bridgehead atoms. The fourth-order valence-corrected chi connectivity index (χ4v) is 3.76. The Balaban J connectivity index is 0.000000302. The van der Waals surface area contributed by atoms with E-state index in [1.165, 1.54) is 18.2 Å². The van der Waals surface area contributed by atoms with Crippen molar-refractivity contribution in [3.8, 4) is 17.2 Å². The van der Waals surface area contributed by atoms with Gasteiger partial charge in [0.25, 0.3) is 5.91 Å². The third-order valence-electron chi connectivity index (χ3n) is 5.69. The molecule has 0 saturated heterocycles. The Hall–Kier alpha value is -3.59. The number of likely N-dealkylation sites (N-methyl/N-ethyl adjacent to an activating group) is 1. The normalized spacial score (nSPS) is 13.2. The SMILES string of the molecule is CC(C)CCC=O.CNC1Cc2cccc(OC)c2C1.COc1ccc(CC(=O)N=C(N)N)cc1OC. The van der Waals surface area contributed by atoms with Gasteiger partial charge in [-0.15, -0.1) is 0 Å². The minimum atomic E-state index is -0.405. The van der Waals surface area contributed by atoms with E-state index in [4.69, 9.17) is 25.7 Å². The lowest BCUT2D eigenvalue weighted by atomic mass is 10.1. The fraction of sp³-hybridized carbons (Fsp3) is 0.464. The summed E-state index contributed by atoms with van der Waals surface area (Å²) in [6.07, 6.45) is 5.05. The zero-order valence-corrected chi connectivity index (χ0v) is 22.9. The molecule has 0 saturated carbocycles. The summed E-state index contributed by atoms with van der Waals surface area (Å²) in [7, 11) is 6.83. The molecular weight excluding hydrogens is 472 g/mol. The lowest BCUT2D eigenvalue weighted by molar-refractivity contribution is -0.117. The number of aliphatic imine (C=N–C) groups is 1. The minimum absolute atomic E-state index is 0.109. The average Bonchev–Trinajstić information content (AvgIpc) is 3.31. The fourth-order valence-electron chi connectivity index (χ4n) is 3.76. The van der Waals surface area contributed by atoms with E-state index in [2.05, 4.69) is 36.3 Å². The number of hydrogen-bond donors (Lipinski definition) is 3. The Morgan fingerprint density at radius 2 is 1.73 bits per heavy atom. The first kappa shape index (κ1) is 31.4. The first-order chi connectivity index (χ1) is 17.7. The number of benzene rings is 2. The van der Waals surface area contributed by atoms with Crippen molar-refractivity contribution in [2.75, 3.05) is 28.4 Å². The third kappa shape index (κ3) is 11.3. The molecule has 0 fully saturated rings. The topological polar surface area (TPSA) is 138 Å². The van der Waals surface area contributed by atoms with Gasteiger partial charge in [0.15, 0.2) is 17.5 Å². The quantitative estimate of drug-likeness (QED) is 0.264. The number of carbonyl (C=O) groups excluding carboxylic acids is 2. The molecule has 1 amide bonds. The van der Waals surface area contributed by atoms with Gasteiger partial charge in [0.05, 0.1) is 27.8 Å². The molecule has 0 spiro atoms. The van der Waals surface area contributed by atoms with E-state index in [0.29, 0.717) is 23.5 Å². The summed E-state index contributed by atoms with van der Waals surface area (Å²) >= 11 is 0. The van der Waals surface area contributed by atoms with Crippen LogP contribution in [0.15, 0.2) is 41.4 Å². The van der Waals surface area contributed by atoms with Crippen molar-refractivity contribution in [3.63, 3.8) is 0 Å². The van der Waals surface area contributed by atoms with Crippen molar-refractivity contribution in [1.29, 1.82) is 0 Å². The first-order valence-electron chi connectivity index (χ1n) is 12.3. The van der Waals surface area contributed by atoms with Crippen molar-refractivity contribution < 1.29 is 23.8 Å². The number of nitrogens with one attached hydrogen (secondary N) is 1. The maximum atomic E-state index is 11.4. The Kier molecular flexibility index (Phi) is 14.4. The number of amides is 1. The lowest BCUT2D eigenvalue weighted by Gasteiger charge is -2.08. The summed E-state index contributed by atoms with van der Waals surface area (Å²) < 4.78 is 15.5. The van der Waals surface area contributed by atoms with Crippen LogP contribution in [0, 0.1) is 5.92 Å². The van der Waals surface area contributed by atoms with E-state index in [0.717, 1.165) is 43.3 Å². The van der Waals surface area contributed by atoms with Crippen LogP contribution in [0.25, 0.3) is 0 Å². The molecule has 9 heteroatoms. The smallest absolute Gasteiger partial charge is 0.253 e. The largest absolute Gasteiger partial charge is 0.496 e. The molecule has 0 heterocycles. The van der Waals surface area contributed by atoms with Crippen molar-refractivity contribution in [2.24, 2.45) is 22.4 Å². The lowest BCUT2D eigenvalue weighted by Crippen LogP contribution is -2.24. The van der Waals surface area contributed by atoms with E-state index >= 15 is 0 Å². The average molecular weight is 515 g/mol. The number of methoxy groups -OCH3 is 3. The summed E-state index contributed by atoms with van der Waals surface area (Å²) in [4.78, 5) is 24.5. The molecule has 2 aromatic rings. The second kappa shape index (κ2) is 17.0. The van der Waals surface area contributed by atoms with E-state index in [1.54, 1.807) is 32.4 Å². The van der Waals surface area contributed by atoms with Gasteiger partial charge in [-0.3, -0.25) is 4.79 Å². The molecule has 3 rings (SSSR count). The summed E-state index contributed by atoms with van der Waals surface area (Å²) in [5.74, 6) is 2.22. The van der Waals surface area contributed by atoms with E-state index in [-0.39, 0.29) is 12.4 Å². The van der Waals surface area contributed by atoms with Gasteiger partial charge >= 0.3 is 0 Å². The Morgan fingerprint density at radius 3 is 2.24 bits per heavy atom. The van der Waals surface area contributed by atoms with Gasteiger partial charge in [0.1, 0.15) is 12.0 Å². The van der Waals surface area contributed by atoms with Crippen molar-refractivity contribution in [2.45, 2.75) is 52.0 Å². The summed E-state index contributed by atoms with van der Waals surface area (Å²) in [5, 5.41) is 3.31. The number of nitrogens with two attached hydrogens (primary N) is 2. The van der Waals surface area contributed by atoms with Crippen molar-refractivity contribution in [1.82, 2.24) is 5.32 Å². The van der Waals surface area contributed by atoms with Crippen LogP contribution in [-0.2, 0) is 28.9 Å². The van der Waals surface area contributed by atoms with E-state index in [9.17, 15) is 9.59 Å². The second-order valence-corrected chi connectivity index (χ2v) is 8.93. The van der Waals surface area contributed by atoms with Gasteiger partial charge in [-0.05, 0) is 67.1 Å². The number of guanidine groups is 1. The maximum Gasteiger partial charge on any atom is 0.253 e. The van der Waals surface area contributed by atoms with Gasteiger partial charge in [0, 0.05) is 12.5 Å². The molecule has 2 aromatic carbocycles. The molecule has 37 heavy (non-hydrogen) atoms. The molecule has 1 unspecified atom stereocenters. The van der Waals surface area contributed by atoms with Crippen LogP contribution in [-0.4, -0.2) is 52.6 Å². The van der Waals surface area contributed by atoms with Crippen LogP contribution in [0.1, 0.15) is 43.4 Å². The number of nitrogens with zero attached hydrogens (tertiary/aromatic N) is 1. The Morgan fingerprint density at radius 1 is 1.05 bits per heavy atom. The Labute approximate surface area is 220 Å². The summed E-state index contributed by atoms with van der Waals surface area (Å²) in [6.45, 7) is 4.23. The maximum absolute atomic E-state index is 11.4. The molecule has 5 N–H and O–H groups in total. The highest BCUT2D eigenvalue weighted by atomic mass is 16.5. The van der Waals surface area contributed by atoms with Gasteiger partial charge < -0.3 is 35.8 Å². The molecule has 9 nitrogen and oxygen atoms in total. The Bertz CT molecular complexity index is 1020. The highest BCUT2D eigenvalue weighted by Gasteiger charge is 2.22. The minimum Gasteiger partial charge on any atom is -0.496 e. The first-order valence-corrected chi connectivity index (χ1v) is 12.3. The third-order valence-corrected chi connectivity index (χ3v) is 5.69. The second-order valence-electron chi connectivity index (χ2n) is 8.93. The molecule has 0 aliphatic heterocycles. The molecule has 204 valence electrons. The number of carbonyl (C=O) groups is 2. The van der Waals surface area contributed by atoms with Gasteiger partial charge in [-0.1, -0.05) is 32.0 Å². The highest BCUT2D eigenvalue weighted by Crippen LogP contribution is 2.30. The van der Waals surface area contributed by atoms with Crippen LogP contribution in [0.3, 0.4) is 0 Å². The van der Waals surface area contributed by atoms with Crippen LogP contribution in [0.2, 0.25) is 0 Å². The molecule has 1 aliphatic carbocycles. The van der Waals surface area contributed by atoms with Crippen molar-refractivity contribution >= 4 is 18.2 Å². The van der Waals surface area contributed by atoms with Gasteiger partial charge in [-0.2, -0.15) is 4.99 Å². The summed E-state index contributed by atoms with van der Waals surface area (Å²) in [5.41, 5.74) is 13.8. The molecule has 0 radical (unpaired) electrons. The number of rotatable bonds is 9. The van der Waals surface area contributed by atoms with E-state index < -0.39 is 5.91 Å². The van der Waals surface area contributed by atoms with Gasteiger partial charge in [-0.25, -0.2) is 0 Å². The van der Waals surface area contributed by atoms with Crippen LogP contribution < -0.4 is 31.0 Å². The highest BCUT2D eigenvalue weighted by molar-refractivity contribution is 5.92. The monoisotopic (exact) mass is 514 g/mol. The standard InChI is InChI=1S/C11H15N3O3.C11H15NO.C6H12O/c1-16-8-4-3-7(5-9(8)17-2)6-10(15)14-11(12)13;1-12-9-6-8-4-3-5-11(13-2)10(8)7-9;1-6(2)4-3-5-7/h3-5H,6H2,1-2H3,(H4,12,13,14,15);3-5,9,12H,6-7H2,1-2H3;5-6H,3-4H2,1-2H3. The molecule has 1 atom stereocenters. The number of aldehydes is 1. The van der Waals surface area contributed by atoms with Crippen LogP contribution >= 0.6 is 0 Å². The number of ether oxygens (including phenoxy) is 3. The molecule has 0 aromatic heterocycles. The molecule has 1 aliphatic rings. The predicted octanol–water partition coefficient (Wildman–Crippen LogP) is 3.05.